The Morgan fingerprint density at radius 1 is 1.15 bits per heavy atom. The molecular formula is C17H22N2O. The van der Waals surface area contributed by atoms with E-state index in [-0.39, 0.29) is 6.04 Å². The van der Waals surface area contributed by atoms with Crippen molar-refractivity contribution in [2.45, 2.75) is 32.2 Å². The molecule has 1 atom stereocenters. The average Bonchev–Trinajstić information content (AvgIpc) is 3.18. The van der Waals surface area contributed by atoms with Crippen molar-refractivity contribution < 1.29 is 4.42 Å². The second kappa shape index (κ2) is 6.04. The standard InChI is InChI=1S/C17H22N2O/c1-2-16(17-6-5-13-20-17)18-14-7-9-15(10-8-14)19-11-3-4-12-19/h5-10,13,16,18H,2-4,11-12H2,1H3. The van der Waals surface area contributed by atoms with Crippen LogP contribution in [0.2, 0.25) is 0 Å². The smallest absolute Gasteiger partial charge is 0.125 e. The minimum Gasteiger partial charge on any atom is -0.467 e. The third kappa shape index (κ3) is 2.82. The average molecular weight is 270 g/mol. The number of benzene rings is 1. The van der Waals surface area contributed by atoms with E-state index in [2.05, 4.69) is 41.4 Å². The van der Waals surface area contributed by atoms with E-state index < -0.39 is 0 Å². The summed E-state index contributed by atoms with van der Waals surface area (Å²) in [5, 5.41) is 3.54. The highest BCUT2D eigenvalue weighted by Gasteiger charge is 2.14. The summed E-state index contributed by atoms with van der Waals surface area (Å²) in [6, 6.07) is 13.0. The van der Waals surface area contributed by atoms with Crippen molar-refractivity contribution in [3.05, 3.63) is 48.4 Å². The van der Waals surface area contributed by atoms with Crippen LogP contribution in [0, 0.1) is 0 Å². The Hall–Kier alpha value is -1.90. The van der Waals surface area contributed by atoms with Gasteiger partial charge in [-0.25, -0.2) is 0 Å². The Labute approximate surface area is 120 Å². The van der Waals surface area contributed by atoms with E-state index in [1.165, 1.54) is 31.6 Å². The fourth-order valence-corrected chi connectivity index (χ4v) is 2.81. The van der Waals surface area contributed by atoms with E-state index >= 15 is 0 Å². The third-order valence-corrected chi connectivity index (χ3v) is 3.97. The highest BCUT2D eigenvalue weighted by molar-refractivity contribution is 5.56. The van der Waals surface area contributed by atoms with Gasteiger partial charge in [0.05, 0.1) is 12.3 Å². The van der Waals surface area contributed by atoms with Crippen LogP contribution >= 0.6 is 0 Å². The van der Waals surface area contributed by atoms with E-state index in [4.69, 9.17) is 4.42 Å². The monoisotopic (exact) mass is 270 g/mol. The molecule has 1 aliphatic heterocycles. The van der Waals surface area contributed by atoms with Crippen molar-refractivity contribution >= 4 is 11.4 Å². The molecule has 0 bridgehead atoms. The van der Waals surface area contributed by atoms with Crippen LogP contribution in [0.15, 0.2) is 47.1 Å². The molecule has 0 saturated carbocycles. The van der Waals surface area contributed by atoms with E-state index in [1.807, 2.05) is 12.1 Å². The number of hydrogen-bond donors (Lipinski definition) is 1. The lowest BCUT2D eigenvalue weighted by Crippen LogP contribution is -2.17. The SMILES string of the molecule is CCC(Nc1ccc(N2CCCC2)cc1)c1ccco1. The first-order valence-electron chi connectivity index (χ1n) is 7.52. The van der Waals surface area contributed by atoms with Gasteiger partial charge >= 0.3 is 0 Å². The van der Waals surface area contributed by atoms with Gasteiger partial charge in [0.1, 0.15) is 5.76 Å². The van der Waals surface area contributed by atoms with Crippen molar-refractivity contribution in [2.75, 3.05) is 23.3 Å². The summed E-state index contributed by atoms with van der Waals surface area (Å²) < 4.78 is 5.49. The quantitative estimate of drug-likeness (QED) is 0.870. The first-order valence-corrected chi connectivity index (χ1v) is 7.52. The van der Waals surface area contributed by atoms with Gasteiger partial charge in [0.15, 0.2) is 0 Å². The maximum Gasteiger partial charge on any atom is 0.125 e. The maximum atomic E-state index is 5.49. The molecule has 0 radical (unpaired) electrons. The second-order valence-corrected chi connectivity index (χ2v) is 5.36. The molecular weight excluding hydrogens is 248 g/mol. The summed E-state index contributed by atoms with van der Waals surface area (Å²) in [5.41, 5.74) is 2.48. The molecule has 1 N–H and O–H groups in total. The second-order valence-electron chi connectivity index (χ2n) is 5.36. The van der Waals surface area contributed by atoms with Crippen molar-refractivity contribution in [1.29, 1.82) is 0 Å². The number of nitrogens with zero attached hydrogens (tertiary/aromatic N) is 1. The Bertz CT molecular complexity index is 512. The van der Waals surface area contributed by atoms with Gasteiger partial charge < -0.3 is 14.6 Å². The van der Waals surface area contributed by atoms with Crippen LogP contribution in [0.25, 0.3) is 0 Å². The zero-order valence-corrected chi connectivity index (χ0v) is 12.0. The third-order valence-electron chi connectivity index (χ3n) is 3.97. The number of rotatable bonds is 5. The summed E-state index contributed by atoms with van der Waals surface area (Å²) >= 11 is 0. The van der Waals surface area contributed by atoms with Crippen molar-refractivity contribution in [3.63, 3.8) is 0 Å². The highest BCUT2D eigenvalue weighted by Crippen LogP contribution is 2.26. The van der Waals surface area contributed by atoms with Crippen LogP contribution in [0.3, 0.4) is 0 Å². The van der Waals surface area contributed by atoms with Gasteiger partial charge in [-0.2, -0.15) is 0 Å². The molecule has 20 heavy (non-hydrogen) atoms. The van der Waals surface area contributed by atoms with Crippen LogP contribution in [-0.4, -0.2) is 13.1 Å². The van der Waals surface area contributed by atoms with Crippen molar-refractivity contribution in [1.82, 2.24) is 0 Å². The number of nitrogens with one attached hydrogen (secondary N) is 1. The molecule has 3 nitrogen and oxygen atoms in total. The molecule has 3 heteroatoms. The van der Waals surface area contributed by atoms with E-state index in [1.54, 1.807) is 6.26 Å². The van der Waals surface area contributed by atoms with Crippen LogP contribution in [0.1, 0.15) is 38.0 Å². The minimum atomic E-state index is 0.239. The minimum absolute atomic E-state index is 0.239. The number of anilines is 2. The Morgan fingerprint density at radius 3 is 2.50 bits per heavy atom. The highest BCUT2D eigenvalue weighted by atomic mass is 16.3. The van der Waals surface area contributed by atoms with Gasteiger partial charge in [-0.05, 0) is 55.7 Å². The van der Waals surface area contributed by atoms with E-state index in [0.717, 1.165) is 17.9 Å². The molecule has 3 rings (SSSR count). The van der Waals surface area contributed by atoms with E-state index in [0.29, 0.717) is 0 Å². The largest absolute Gasteiger partial charge is 0.467 e. The molecule has 1 saturated heterocycles. The molecule has 1 fully saturated rings. The molecule has 0 amide bonds. The van der Waals surface area contributed by atoms with Crippen LogP contribution in [0.4, 0.5) is 11.4 Å². The molecule has 0 spiro atoms. The number of hydrogen-bond acceptors (Lipinski definition) is 3. The van der Waals surface area contributed by atoms with Gasteiger partial charge in [0.25, 0.3) is 0 Å². The summed E-state index contributed by atoms with van der Waals surface area (Å²) in [4.78, 5) is 2.45. The van der Waals surface area contributed by atoms with Crippen molar-refractivity contribution in [3.8, 4) is 0 Å². The molecule has 2 heterocycles. The zero-order chi connectivity index (χ0) is 13.8. The summed E-state index contributed by atoms with van der Waals surface area (Å²) in [7, 11) is 0. The Balaban J connectivity index is 1.68. The zero-order valence-electron chi connectivity index (χ0n) is 12.0. The molecule has 1 aliphatic rings. The molecule has 2 aromatic rings. The maximum absolute atomic E-state index is 5.49. The topological polar surface area (TPSA) is 28.4 Å². The van der Waals surface area contributed by atoms with Gasteiger partial charge in [-0.15, -0.1) is 0 Å². The Kier molecular flexibility index (Phi) is 3.95. The van der Waals surface area contributed by atoms with Gasteiger partial charge in [0.2, 0.25) is 0 Å². The molecule has 1 aromatic carbocycles. The molecule has 106 valence electrons. The van der Waals surface area contributed by atoms with Crippen LogP contribution < -0.4 is 10.2 Å². The van der Waals surface area contributed by atoms with Crippen molar-refractivity contribution in [2.24, 2.45) is 0 Å². The normalized spacial score (nSPS) is 16.4. The van der Waals surface area contributed by atoms with Crippen LogP contribution in [0.5, 0.6) is 0 Å². The van der Waals surface area contributed by atoms with Gasteiger partial charge in [-0.3, -0.25) is 0 Å². The lowest BCUT2D eigenvalue weighted by Gasteiger charge is -2.19. The number of furan rings is 1. The summed E-state index contributed by atoms with van der Waals surface area (Å²) in [6.45, 7) is 4.55. The predicted octanol–water partition coefficient (Wildman–Crippen LogP) is 4.44. The first-order chi connectivity index (χ1) is 9.86. The Morgan fingerprint density at radius 2 is 1.90 bits per heavy atom. The first kappa shape index (κ1) is 13.1. The lowest BCUT2D eigenvalue weighted by atomic mass is 10.1. The summed E-state index contributed by atoms with van der Waals surface area (Å²) in [5.74, 6) is 0.996. The lowest BCUT2D eigenvalue weighted by molar-refractivity contribution is 0.474. The fraction of sp³-hybridized carbons (Fsp3) is 0.412. The van der Waals surface area contributed by atoms with Crippen LogP contribution in [-0.2, 0) is 0 Å². The summed E-state index contributed by atoms with van der Waals surface area (Å²) in [6.07, 6.45) is 5.37. The molecule has 1 aromatic heterocycles. The predicted molar refractivity (Wildman–Crippen MR) is 83.3 cm³/mol. The van der Waals surface area contributed by atoms with Gasteiger partial charge in [0, 0.05) is 24.5 Å². The fourth-order valence-electron chi connectivity index (χ4n) is 2.81. The molecule has 1 unspecified atom stereocenters. The molecule has 0 aliphatic carbocycles. The van der Waals surface area contributed by atoms with E-state index in [9.17, 15) is 0 Å². The van der Waals surface area contributed by atoms with Gasteiger partial charge in [-0.1, -0.05) is 6.92 Å².